The summed E-state index contributed by atoms with van der Waals surface area (Å²) in [6.45, 7) is 0.207. The number of carbonyl (C=O) groups is 1. The fraction of sp³-hybridized carbons (Fsp3) is 0.176. The fourth-order valence-electron chi connectivity index (χ4n) is 2.39. The number of ether oxygens (including phenoxy) is 1. The van der Waals surface area contributed by atoms with Crippen LogP contribution in [0.5, 0.6) is 5.75 Å². The molecular formula is C17H15N3O6. The van der Waals surface area contributed by atoms with Crippen LogP contribution in [0.2, 0.25) is 0 Å². The fourth-order valence-corrected chi connectivity index (χ4v) is 2.39. The van der Waals surface area contributed by atoms with Crippen LogP contribution in [0.4, 0.5) is 5.69 Å². The minimum Gasteiger partial charge on any atom is -0.492 e. The van der Waals surface area contributed by atoms with Crippen molar-refractivity contribution in [1.82, 2.24) is 9.88 Å². The summed E-state index contributed by atoms with van der Waals surface area (Å²) in [6.07, 6.45) is 0. The number of aromatic nitrogens is 1. The Morgan fingerprint density at radius 2 is 2.00 bits per heavy atom. The van der Waals surface area contributed by atoms with E-state index in [2.05, 4.69) is 5.32 Å². The number of carbonyl (C=O) groups excluding carboxylic acids is 1. The number of rotatable bonds is 7. The highest BCUT2D eigenvalue weighted by molar-refractivity contribution is 5.80. The van der Waals surface area contributed by atoms with Crippen LogP contribution in [-0.2, 0) is 11.3 Å². The Morgan fingerprint density at radius 3 is 2.73 bits per heavy atom. The second-order valence-corrected chi connectivity index (χ2v) is 5.37. The number of benzene rings is 2. The van der Waals surface area contributed by atoms with Gasteiger partial charge in [0.1, 0.15) is 18.9 Å². The predicted octanol–water partition coefficient (Wildman–Crippen LogP) is 1.70. The third kappa shape index (κ3) is 3.89. The van der Waals surface area contributed by atoms with Crippen LogP contribution in [-0.4, -0.2) is 28.5 Å². The van der Waals surface area contributed by atoms with Gasteiger partial charge in [0.2, 0.25) is 5.91 Å². The van der Waals surface area contributed by atoms with Crippen LogP contribution >= 0.6 is 0 Å². The zero-order valence-electron chi connectivity index (χ0n) is 13.6. The zero-order chi connectivity index (χ0) is 18.5. The third-order valence-corrected chi connectivity index (χ3v) is 3.60. The van der Waals surface area contributed by atoms with Crippen molar-refractivity contribution in [3.8, 4) is 5.75 Å². The number of hydrogen-bond acceptors (Lipinski definition) is 6. The lowest BCUT2D eigenvalue weighted by atomic mass is 10.3. The van der Waals surface area contributed by atoms with E-state index in [4.69, 9.17) is 9.15 Å². The molecule has 0 aliphatic heterocycles. The number of fused-ring (bicyclic) bond motifs is 1. The highest BCUT2D eigenvalue weighted by atomic mass is 16.6. The molecule has 0 aliphatic rings. The van der Waals surface area contributed by atoms with E-state index < -0.39 is 16.6 Å². The summed E-state index contributed by atoms with van der Waals surface area (Å²) in [7, 11) is 0. The number of nitro benzene ring substituents is 1. The van der Waals surface area contributed by atoms with Gasteiger partial charge in [-0.1, -0.05) is 18.2 Å². The van der Waals surface area contributed by atoms with Crippen molar-refractivity contribution in [2.45, 2.75) is 6.54 Å². The van der Waals surface area contributed by atoms with Crippen molar-refractivity contribution in [2.24, 2.45) is 0 Å². The SMILES string of the molecule is O=C(Cn1c(=O)oc2ccc([N+](=O)[O-])cc21)NCCOc1ccccc1. The van der Waals surface area contributed by atoms with Crippen molar-refractivity contribution >= 4 is 22.7 Å². The Bertz CT molecular complexity index is 993. The molecule has 0 atom stereocenters. The molecule has 1 aromatic heterocycles. The Hall–Kier alpha value is -3.62. The van der Waals surface area contributed by atoms with Crippen molar-refractivity contribution in [1.29, 1.82) is 0 Å². The summed E-state index contributed by atoms with van der Waals surface area (Å²) >= 11 is 0. The molecule has 0 spiro atoms. The van der Waals surface area contributed by atoms with E-state index in [1.165, 1.54) is 18.2 Å². The first-order valence-corrected chi connectivity index (χ1v) is 7.77. The average molecular weight is 357 g/mol. The van der Waals surface area contributed by atoms with Crippen LogP contribution in [0.15, 0.2) is 57.7 Å². The molecule has 9 nitrogen and oxygen atoms in total. The van der Waals surface area contributed by atoms with Gasteiger partial charge in [-0.15, -0.1) is 0 Å². The van der Waals surface area contributed by atoms with Crippen LogP contribution in [0.3, 0.4) is 0 Å². The number of nitro groups is 1. The second kappa shape index (κ2) is 7.51. The van der Waals surface area contributed by atoms with Gasteiger partial charge in [0.15, 0.2) is 5.58 Å². The van der Waals surface area contributed by atoms with Gasteiger partial charge in [0, 0.05) is 12.1 Å². The van der Waals surface area contributed by atoms with Crippen molar-refractivity contribution < 1.29 is 18.9 Å². The molecule has 0 saturated carbocycles. The summed E-state index contributed by atoms with van der Waals surface area (Å²) in [6, 6.07) is 12.9. The number of non-ortho nitro benzene ring substituents is 1. The van der Waals surface area contributed by atoms with E-state index >= 15 is 0 Å². The van der Waals surface area contributed by atoms with Gasteiger partial charge in [0.05, 0.1) is 17.0 Å². The molecule has 1 heterocycles. The van der Waals surface area contributed by atoms with Gasteiger partial charge in [0.25, 0.3) is 5.69 Å². The molecule has 9 heteroatoms. The largest absolute Gasteiger partial charge is 0.492 e. The Balaban J connectivity index is 1.62. The second-order valence-electron chi connectivity index (χ2n) is 5.37. The molecule has 1 amide bonds. The molecule has 1 N–H and O–H groups in total. The van der Waals surface area contributed by atoms with E-state index in [9.17, 15) is 19.7 Å². The maximum absolute atomic E-state index is 12.0. The first-order valence-electron chi connectivity index (χ1n) is 7.77. The molecule has 3 aromatic rings. The van der Waals surface area contributed by atoms with Gasteiger partial charge in [-0.05, 0) is 18.2 Å². The summed E-state index contributed by atoms with van der Waals surface area (Å²) < 4.78 is 11.5. The van der Waals surface area contributed by atoms with Crippen LogP contribution < -0.4 is 15.8 Å². The lowest BCUT2D eigenvalue weighted by Gasteiger charge is -2.08. The lowest BCUT2D eigenvalue weighted by molar-refractivity contribution is -0.384. The highest BCUT2D eigenvalue weighted by Gasteiger charge is 2.16. The number of amides is 1. The van der Waals surface area contributed by atoms with Crippen LogP contribution in [0.1, 0.15) is 0 Å². The minimum atomic E-state index is -0.754. The predicted molar refractivity (Wildman–Crippen MR) is 92.1 cm³/mol. The quantitative estimate of drug-likeness (QED) is 0.391. The first kappa shape index (κ1) is 17.2. The summed E-state index contributed by atoms with van der Waals surface area (Å²) in [5.41, 5.74) is 0.185. The zero-order valence-corrected chi connectivity index (χ0v) is 13.6. The molecule has 3 rings (SSSR count). The maximum atomic E-state index is 12.0. The summed E-state index contributed by atoms with van der Waals surface area (Å²) in [5, 5.41) is 13.5. The molecule has 0 bridgehead atoms. The van der Waals surface area contributed by atoms with Crippen molar-refractivity contribution in [3.63, 3.8) is 0 Å². The van der Waals surface area contributed by atoms with E-state index in [1.54, 1.807) is 12.1 Å². The van der Waals surface area contributed by atoms with E-state index in [-0.39, 0.29) is 36.5 Å². The molecule has 0 fully saturated rings. The lowest BCUT2D eigenvalue weighted by Crippen LogP contribution is -2.33. The van der Waals surface area contributed by atoms with Gasteiger partial charge in [-0.2, -0.15) is 0 Å². The first-order chi connectivity index (χ1) is 12.5. The standard InChI is InChI=1S/C17H15N3O6/c21-16(18-8-9-25-13-4-2-1-3-5-13)11-19-14-10-12(20(23)24)6-7-15(14)26-17(19)22/h1-7,10H,8-9,11H2,(H,18,21). The molecule has 0 aliphatic carbocycles. The average Bonchev–Trinajstić information content (AvgIpc) is 2.94. The number of nitrogens with zero attached hydrogens (tertiary/aromatic N) is 2. The smallest absolute Gasteiger partial charge is 0.420 e. The Kier molecular flexibility index (Phi) is 4.97. The maximum Gasteiger partial charge on any atom is 0.420 e. The third-order valence-electron chi connectivity index (χ3n) is 3.60. The molecule has 134 valence electrons. The van der Waals surface area contributed by atoms with Crippen molar-refractivity contribution in [2.75, 3.05) is 13.2 Å². The molecular weight excluding hydrogens is 342 g/mol. The monoisotopic (exact) mass is 357 g/mol. The molecule has 0 saturated heterocycles. The Labute approximate surface area is 146 Å². The van der Waals surface area contributed by atoms with E-state index in [0.29, 0.717) is 5.75 Å². The normalized spacial score (nSPS) is 10.6. The topological polar surface area (TPSA) is 117 Å². The van der Waals surface area contributed by atoms with E-state index in [1.807, 2.05) is 18.2 Å². The molecule has 2 aromatic carbocycles. The highest BCUT2D eigenvalue weighted by Crippen LogP contribution is 2.19. The van der Waals surface area contributed by atoms with Crippen LogP contribution in [0.25, 0.3) is 11.1 Å². The van der Waals surface area contributed by atoms with Crippen LogP contribution in [0, 0.1) is 10.1 Å². The molecule has 0 unspecified atom stereocenters. The number of nitrogens with one attached hydrogen (secondary N) is 1. The Morgan fingerprint density at radius 1 is 1.23 bits per heavy atom. The number of oxazole rings is 1. The summed E-state index contributed by atoms with van der Waals surface area (Å²) in [5.74, 6) is -0.500. The summed E-state index contributed by atoms with van der Waals surface area (Å²) in [4.78, 5) is 34.2. The van der Waals surface area contributed by atoms with Crippen molar-refractivity contribution in [3.05, 3.63) is 69.2 Å². The van der Waals surface area contributed by atoms with Gasteiger partial charge >= 0.3 is 5.76 Å². The number of para-hydroxylation sites is 1. The van der Waals surface area contributed by atoms with Gasteiger partial charge in [-0.3, -0.25) is 19.5 Å². The minimum absolute atomic E-state index is 0.181. The molecule has 26 heavy (non-hydrogen) atoms. The number of hydrogen-bond donors (Lipinski definition) is 1. The van der Waals surface area contributed by atoms with Gasteiger partial charge < -0.3 is 14.5 Å². The van der Waals surface area contributed by atoms with Gasteiger partial charge in [-0.25, -0.2) is 4.79 Å². The van der Waals surface area contributed by atoms with E-state index in [0.717, 1.165) is 4.57 Å². The molecule has 0 radical (unpaired) electrons.